The van der Waals surface area contributed by atoms with Gasteiger partial charge in [-0.3, -0.25) is 9.59 Å². The number of benzene rings is 2. The molecule has 1 aromatic heterocycles. The van der Waals surface area contributed by atoms with Gasteiger partial charge in [0, 0.05) is 0 Å². The first-order valence-electron chi connectivity index (χ1n) is 7.90. The highest BCUT2D eigenvalue weighted by atomic mass is 35.5. The molecule has 2 amide bonds. The van der Waals surface area contributed by atoms with Gasteiger partial charge in [-0.15, -0.1) is 0 Å². The zero-order valence-corrected chi connectivity index (χ0v) is 14.5. The van der Waals surface area contributed by atoms with Gasteiger partial charge >= 0.3 is 0 Å². The largest absolute Gasteiger partial charge is 0.282 e. The minimum absolute atomic E-state index is 0.345. The lowest BCUT2D eigenvalue weighted by Gasteiger charge is -2.05. The van der Waals surface area contributed by atoms with Gasteiger partial charge in [-0.25, -0.2) is 4.68 Å². The third-order valence-corrected chi connectivity index (χ3v) is 4.49. The monoisotopic (exact) mass is 364 g/mol. The molecule has 2 aromatic carbocycles. The molecule has 0 N–H and O–H groups in total. The molecule has 0 fully saturated rings. The van der Waals surface area contributed by atoms with Crippen LogP contribution in [0.25, 0.3) is 5.69 Å². The molecule has 2 heterocycles. The molecule has 0 aliphatic carbocycles. The van der Waals surface area contributed by atoms with Crippen LogP contribution in [0.15, 0.2) is 59.7 Å². The molecule has 0 atom stereocenters. The maximum atomic E-state index is 12.4. The van der Waals surface area contributed by atoms with Crippen molar-refractivity contribution in [3.8, 4) is 5.69 Å². The number of aryl methyl sites for hydroxylation is 1. The Balaban J connectivity index is 1.68. The van der Waals surface area contributed by atoms with E-state index in [1.165, 1.54) is 6.21 Å². The molecule has 3 aromatic rings. The van der Waals surface area contributed by atoms with E-state index in [9.17, 15) is 9.59 Å². The Morgan fingerprint density at radius 3 is 2.15 bits per heavy atom. The number of hydrogen-bond donors (Lipinski definition) is 0. The van der Waals surface area contributed by atoms with E-state index in [0.717, 1.165) is 10.7 Å². The summed E-state index contributed by atoms with van der Waals surface area (Å²) in [7, 11) is 0. The topological polar surface area (TPSA) is 67.6 Å². The Morgan fingerprint density at radius 2 is 1.54 bits per heavy atom. The second kappa shape index (κ2) is 6.24. The summed E-state index contributed by atoms with van der Waals surface area (Å²) < 4.78 is 1.58. The highest BCUT2D eigenvalue weighted by molar-refractivity contribution is 6.32. The van der Waals surface area contributed by atoms with E-state index >= 15 is 0 Å². The maximum Gasteiger partial charge on any atom is 0.282 e. The van der Waals surface area contributed by atoms with E-state index in [0.29, 0.717) is 27.5 Å². The van der Waals surface area contributed by atoms with E-state index in [1.807, 2.05) is 30.3 Å². The number of fused-ring (bicyclic) bond motifs is 1. The van der Waals surface area contributed by atoms with Gasteiger partial charge in [0.05, 0.1) is 34.3 Å². The average molecular weight is 365 g/mol. The van der Waals surface area contributed by atoms with Crippen LogP contribution in [0.5, 0.6) is 0 Å². The smallest absolute Gasteiger partial charge is 0.267 e. The maximum absolute atomic E-state index is 12.4. The lowest BCUT2D eigenvalue weighted by molar-refractivity contribution is 0.0660. The first kappa shape index (κ1) is 16.2. The highest BCUT2D eigenvalue weighted by Gasteiger charge is 2.35. The number of hydrazone groups is 1. The predicted octanol–water partition coefficient (Wildman–Crippen LogP) is 3.46. The summed E-state index contributed by atoms with van der Waals surface area (Å²) in [6, 6.07) is 16.1. The molecule has 0 bridgehead atoms. The SMILES string of the molecule is Cc1nn(-c2ccccc2)c(Cl)c1/C=N\N1C(=O)c2ccccc2C1=O. The van der Waals surface area contributed by atoms with Gasteiger partial charge in [-0.2, -0.15) is 15.2 Å². The van der Waals surface area contributed by atoms with Crippen LogP contribution in [-0.4, -0.2) is 32.8 Å². The molecule has 4 rings (SSSR count). The summed E-state index contributed by atoms with van der Waals surface area (Å²) >= 11 is 6.43. The lowest BCUT2D eigenvalue weighted by atomic mass is 10.1. The molecular weight excluding hydrogens is 352 g/mol. The number of rotatable bonds is 3. The van der Waals surface area contributed by atoms with Crippen molar-refractivity contribution >= 4 is 29.6 Å². The van der Waals surface area contributed by atoms with Gasteiger partial charge in [0.15, 0.2) is 0 Å². The molecule has 0 spiro atoms. The highest BCUT2D eigenvalue weighted by Crippen LogP contribution is 2.25. The molecular formula is C19H13ClN4O2. The summed E-state index contributed by atoms with van der Waals surface area (Å²) in [6.07, 6.45) is 1.39. The van der Waals surface area contributed by atoms with Crippen LogP contribution in [0.1, 0.15) is 32.0 Å². The third-order valence-electron chi connectivity index (χ3n) is 4.12. The number of para-hydroxylation sites is 1. The molecule has 0 radical (unpaired) electrons. The Bertz CT molecular complexity index is 1020. The van der Waals surface area contributed by atoms with Crippen molar-refractivity contribution < 1.29 is 9.59 Å². The standard InChI is InChI=1S/C19H13ClN4O2/c1-12-16(17(20)23(22-12)13-7-3-2-4-8-13)11-21-24-18(25)14-9-5-6-10-15(14)19(24)26/h2-11H,1H3/b21-11-. The van der Waals surface area contributed by atoms with E-state index < -0.39 is 11.8 Å². The average Bonchev–Trinajstić information content (AvgIpc) is 3.09. The van der Waals surface area contributed by atoms with Crippen LogP contribution in [0, 0.1) is 6.92 Å². The van der Waals surface area contributed by atoms with Crippen LogP contribution in [0.2, 0.25) is 5.15 Å². The summed E-state index contributed by atoms with van der Waals surface area (Å²) in [5.41, 5.74) is 2.68. The van der Waals surface area contributed by atoms with E-state index in [1.54, 1.807) is 35.9 Å². The Hall–Kier alpha value is -3.25. The van der Waals surface area contributed by atoms with Crippen molar-refractivity contribution in [2.45, 2.75) is 6.92 Å². The van der Waals surface area contributed by atoms with Crippen molar-refractivity contribution in [1.82, 2.24) is 14.8 Å². The number of aromatic nitrogens is 2. The van der Waals surface area contributed by atoms with Crippen LogP contribution in [0.4, 0.5) is 0 Å². The van der Waals surface area contributed by atoms with Crippen LogP contribution in [-0.2, 0) is 0 Å². The molecule has 26 heavy (non-hydrogen) atoms. The molecule has 0 saturated carbocycles. The Morgan fingerprint density at radius 1 is 0.962 bits per heavy atom. The number of carbonyl (C=O) groups is 2. The predicted molar refractivity (Wildman–Crippen MR) is 97.8 cm³/mol. The van der Waals surface area contributed by atoms with Crippen LogP contribution >= 0.6 is 11.6 Å². The number of carbonyl (C=O) groups excluding carboxylic acids is 2. The minimum atomic E-state index is -0.453. The summed E-state index contributed by atoms with van der Waals surface area (Å²) in [4.78, 5) is 24.7. The van der Waals surface area contributed by atoms with Crippen molar-refractivity contribution in [3.05, 3.63) is 82.1 Å². The third kappa shape index (κ3) is 2.51. The molecule has 1 aliphatic heterocycles. The molecule has 6 nitrogen and oxygen atoms in total. The van der Waals surface area contributed by atoms with E-state index in [2.05, 4.69) is 10.2 Å². The minimum Gasteiger partial charge on any atom is -0.267 e. The summed E-state index contributed by atoms with van der Waals surface area (Å²) in [6.45, 7) is 1.79. The van der Waals surface area contributed by atoms with Gasteiger partial charge in [0.1, 0.15) is 5.15 Å². The summed E-state index contributed by atoms with van der Waals surface area (Å²) in [5.74, 6) is -0.905. The number of nitrogens with zero attached hydrogens (tertiary/aromatic N) is 4. The number of imide groups is 1. The molecule has 0 unspecified atom stereocenters. The van der Waals surface area contributed by atoms with Crippen molar-refractivity contribution in [3.63, 3.8) is 0 Å². The van der Waals surface area contributed by atoms with Gasteiger partial charge in [-0.1, -0.05) is 41.9 Å². The first-order chi connectivity index (χ1) is 12.6. The number of halogens is 1. The van der Waals surface area contributed by atoms with Crippen molar-refractivity contribution in [1.29, 1.82) is 0 Å². The fraction of sp³-hybridized carbons (Fsp3) is 0.0526. The molecule has 128 valence electrons. The van der Waals surface area contributed by atoms with Crippen LogP contribution < -0.4 is 0 Å². The van der Waals surface area contributed by atoms with Gasteiger partial charge < -0.3 is 0 Å². The normalized spacial score (nSPS) is 13.7. The Kier molecular flexibility index (Phi) is 3.89. The lowest BCUT2D eigenvalue weighted by Crippen LogP contribution is -2.24. The van der Waals surface area contributed by atoms with Gasteiger partial charge in [-0.05, 0) is 31.2 Å². The van der Waals surface area contributed by atoms with E-state index in [-0.39, 0.29) is 0 Å². The fourth-order valence-electron chi connectivity index (χ4n) is 2.79. The zero-order chi connectivity index (χ0) is 18.3. The van der Waals surface area contributed by atoms with Gasteiger partial charge in [0.25, 0.3) is 11.8 Å². The van der Waals surface area contributed by atoms with Crippen molar-refractivity contribution in [2.24, 2.45) is 5.10 Å². The number of hydrogen-bond acceptors (Lipinski definition) is 4. The fourth-order valence-corrected chi connectivity index (χ4v) is 3.12. The summed E-state index contributed by atoms with van der Waals surface area (Å²) in [5, 5.41) is 9.68. The first-order valence-corrected chi connectivity index (χ1v) is 8.28. The van der Waals surface area contributed by atoms with E-state index in [4.69, 9.17) is 11.6 Å². The van der Waals surface area contributed by atoms with Crippen molar-refractivity contribution in [2.75, 3.05) is 0 Å². The zero-order valence-electron chi connectivity index (χ0n) is 13.8. The Labute approximate surface area is 154 Å². The molecule has 0 saturated heterocycles. The number of amides is 2. The van der Waals surface area contributed by atoms with Crippen LogP contribution in [0.3, 0.4) is 0 Å². The quantitative estimate of drug-likeness (QED) is 0.528. The molecule has 1 aliphatic rings. The second-order valence-electron chi connectivity index (χ2n) is 5.75. The van der Waals surface area contributed by atoms with Gasteiger partial charge in [0.2, 0.25) is 0 Å². The molecule has 7 heteroatoms. The second-order valence-corrected chi connectivity index (χ2v) is 6.11.